The van der Waals surface area contributed by atoms with Crippen molar-refractivity contribution in [2.75, 3.05) is 0 Å². The van der Waals surface area contributed by atoms with Crippen LogP contribution in [0.5, 0.6) is 0 Å². The summed E-state index contributed by atoms with van der Waals surface area (Å²) in [7, 11) is 0. The summed E-state index contributed by atoms with van der Waals surface area (Å²) >= 11 is 3.31. The third-order valence-electron chi connectivity index (χ3n) is 1.97. The average molecular weight is 260 g/mol. The zero-order valence-electron chi connectivity index (χ0n) is 8.53. The number of rotatable bonds is 2. The van der Waals surface area contributed by atoms with Crippen LogP contribution in [0.3, 0.4) is 0 Å². The van der Waals surface area contributed by atoms with Crippen LogP contribution >= 0.6 is 15.9 Å². The van der Waals surface area contributed by atoms with Crippen LogP contribution in [0, 0.1) is 5.41 Å². The summed E-state index contributed by atoms with van der Waals surface area (Å²) < 4.78 is 2.61. The van der Waals surface area contributed by atoms with E-state index in [-0.39, 0.29) is 5.41 Å². The van der Waals surface area contributed by atoms with E-state index >= 15 is 0 Å². The van der Waals surface area contributed by atoms with Crippen LogP contribution in [0.4, 0.5) is 0 Å². The van der Waals surface area contributed by atoms with Crippen LogP contribution in [0.1, 0.15) is 20.8 Å². The predicted molar refractivity (Wildman–Crippen MR) is 58.6 cm³/mol. The van der Waals surface area contributed by atoms with Crippen molar-refractivity contribution in [1.82, 2.24) is 9.55 Å². The summed E-state index contributed by atoms with van der Waals surface area (Å²) in [5.74, 6) is 0. The van der Waals surface area contributed by atoms with Crippen LogP contribution in [-0.2, 0) is 6.54 Å². The first-order valence-corrected chi connectivity index (χ1v) is 5.12. The van der Waals surface area contributed by atoms with Gasteiger partial charge in [-0.2, -0.15) is 0 Å². The van der Waals surface area contributed by atoms with Crippen molar-refractivity contribution in [3.63, 3.8) is 0 Å². The standard InChI is InChI=1S/C9H14BrN3O/c1-9(2,3)7(12-14)6-13-5-4-11-8(13)10/h4-5,14H,6H2,1-3H3. The van der Waals surface area contributed by atoms with E-state index < -0.39 is 0 Å². The molecular formula is C9H14BrN3O. The molecule has 1 N–H and O–H groups in total. The minimum absolute atomic E-state index is 0.140. The number of hydrogen-bond acceptors (Lipinski definition) is 3. The number of aromatic nitrogens is 2. The van der Waals surface area contributed by atoms with Crippen molar-refractivity contribution in [2.45, 2.75) is 27.3 Å². The van der Waals surface area contributed by atoms with Gasteiger partial charge >= 0.3 is 0 Å². The van der Waals surface area contributed by atoms with Gasteiger partial charge in [0.25, 0.3) is 0 Å². The van der Waals surface area contributed by atoms with Crippen LogP contribution in [0.2, 0.25) is 0 Å². The molecule has 0 aliphatic heterocycles. The normalized spacial score (nSPS) is 13.3. The lowest BCUT2D eigenvalue weighted by Crippen LogP contribution is -2.25. The fraction of sp³-hybridized carbons (Fsp3) is 0.556. The summed E-state index contributed by atoms with van der Waals surface area (Å²) in [5, 5.41) is 12.2. The lowest BCUT2D eigenvalue weighted by atomic mass is 9.90. The Kier molecular flexibility index (Phi) is 3.31. The van der Waals surface area contributed by atoms with Crippen LogP contribution in [0.15, 0.2) is 22.3 Å². The Bertz CT molecular complexity index is 338. The summed E-state index contributed by atoms with van der Waals surface area (Å²) in [6.07, 6.45) is 3.53. The predicted octanol–water partition coefficient (Wildman–Crippen LogP) is 2.52. The third-order valence-corrected chi connectivity index (χ3v) is 2.63. The van der Waals surface area contributed by atoms with Gasteiger partial charge in [0.1, 0.15) is 0 Å². The molecule has 0 atom stereocenters. The smallest absolute Gasteiger partial charge is 0.177 e. The molecule has 0 unspecified atom stereocenters. The van der Waals surface area contributed by atoms with Gasteiger partial charge in [-0.05, 0) is 15.9 Å². The monoisotopic (exact) mass is 259 g/mol. The molecule has 0 radical (unpaired) electrons. The van der Waals surface area contributed by atoms with E-state index in [4.69, 9.17) is 5.21 Å². The molecule has 4 nitrogen and oxygen atoms in total. The summed E-state index contributed by atoms with van der Waals surface area (Å²) in [4.78, 5) is 4.03. The maximum absolute atomic E-state index is 8.89. The molecule has 78 valence electrons. The maximum atomic E-state index is 8.89. The van der Waals surface area contributed by atoms with Gasteiger partial charge in [0.15, 0.2) is 4.73 Å². The first kappa shape index (κ1) is 11.2. The van der Waals surface area contributed by atoms with E-state index in [1.165, 1.54) is 0 Å². The highest BCUT2D eigenvalue weighted by atomic mass is 79.9. The van der Waals surface area contributed by atoms with Crippen LogP contribution < -0.4 is 0 Å². The fourth-order valence-electron chi connectivity index (χ4n) is 1.01. The number of imidazole rings is 1. The van der Waals surface area contributed by atoms with E-state index in [1.54, 1.807) is 6.20 Å². The van der Waals surface area contributed by atoms with E-state index in [0.29, 0.717) is 6.54 Å². The zero-order chi connectivity index (χ0) is 10.8. The Morgan fingerprint density at radius 1 is 1.64 bits per heavy atom. The topological polar surface area (TPSA) is 50.4 Å². The summed E-state index contributed by atoms with van der Waals surface area (Å²) in [6, 6.07) is 0. The molecule has 1 heterocycles. The second-order valence-corrected chi connectivity index (χ2v) is 4.83. The molecule has 0 spiro atoms. The molecule has 0 bridgehead atoms. The Labute approximate surface area is 91.8 Å². The summed E-state index contributed by atoms with van der Waals surface area (Å²) in [5.41, 5.74) is 0.578. The van der Waals surface area contributed by atoms with Crippen molar-refractivity contribution in [2.24, 2.45) is 10.6 Å². The largest absolute Gasteiger partial charge is 0.411 e. The highest BCUT2D eigenvalue weighted by Crippen LogP contribution is 2.18. The number of nitrogens with zero attached hydrogens (tertiary/aromatic N) is 3. The third kappa shape index (κ3) is 2.57. The molecule has 0 saturated carbocycles. The lowest BCUT2D eigenvalue weighted by molar-refractivity contribution is 0.307. The molecule has 1 aromatic rings. The molecule has 1 rings (SSSR count). The minimum atomic E-state index is -0.140. The van der Waals surface area contributed by atoms with Gasteiger partial charge in [-0.1, -0.05) is 25.9 Å². The van der Waals surface area contributed by atoms with Crippen molar-refractivity contribution >= 4 is 21.6 Å². The molecule has 0 fully saturated rings. The van der Waals surface area contributed by atoms with Gasteiger partial charge in [0, 0.05) is 17.8 Å². The van der Waals surface area contributed by atoms with Gasteiger partial charge in [0.05, 0.1) is 12.3 Å². The number of hydrogen-bond donors (Lipinski definition) is 1. The second kappa shape index (κ2) is 4.13. The van der Waals surface area contributed by atoms with E-state index in [2.05, 4.69) is 26.1 Å². The molecule has 5 heteroatoms. The van der Waals surface area contributed by atoms with E-state index in [0.717, 1.165) is 10.4 Å². The molecule has 0 saturated heterocycles. The molecule has 1 aromatic heterocycles. The summed E-state index contributed by atoms with van der Waals surface area (Å²) in [6.45, 7) is 6.56. The second-order valence-electron chi connectivity index (χ2n) is 4.12. The number of halogens is 1. The first-order chi connectivity index (χ1) is 6.45. The van der Waals surface area contributed by atoms with Gasteiger partial charge < -0.3 is 9.77 Å². The van der Waals surface area contributed by atoms with E-state index in [1.807, 2.05) is 31.5 Å². The van der Waals surface area contributed by atoms with E-state index in [9.17, 15) is 0 Å². The van der Waals surface area contributed by atoms with Gasteiger partial charge in [-0.25, -0.2) is 4.98 Å². The Hall–Kier alpha value is -0.840. The zero-order valence-corrected chi connectivity index (χ0v) is 10.1. The van der Waals surface area contributed by atoms with Gasteiger partial charge in [-0.3, -0.25) is 0 Å². The molecule has 0 aromatic carbocycles. The number of oxime groups is 1. The van der Waals surface area contributed by atoms with Gasteiger partial charge in [0.2, 0.25) is 0 Å². The minimum Gasteiger partial charge on any atom is -0.411 e. The maximum Gasteiger partial charge on any atom is 0.177 e. The van der Waals surface area contributed by atoms with Crippen LogP contribution in [-0.4, -0.2) is 20.5 Å². The van der Waals surface area contributed by atoms with Crippen molar-refractivity contribution in [3.05, 3.63) is 17.1 Å². The molecule has 14 heavy (non-hydrogen) atoms. The molecule has 0 aliphatic rings. The highest BCUT2D eigenvalue weighted by molar-refractivity contribution is 9.10. The van der Waals surface area contributed by atoms with Crippen molar-refractivity contribution < 1.29 is 5.21 Å². The molecular weight excluding hydrogens is 246 g/mol. The van der Waals surface area contributed by atoms with Crippen LogP contribution in [0.25, 0.3) is 0 Å². The first-order valence-electron chi connectivity index (χ1n) is 4.33. The Morgan fingerprint density at radius 3 is 2.64 bits per heavy atom. The highest BCUT2D eigenvalue weighted by Gasteiger charge is 2.20. The fourth-order valence-corrected chi connectivity index (χ4v) is 1.37. The average Bonchev–Trinajstić information content (AvgIpc) is 2.45. The lowest BCUT2D eigenvalue weighted by Gasteiger charge is -2.20. The molecule has 0 aliphatic carbocycles. The Morgan fingerprint density at radius 2 is 2.29 bits per heavy atom. The van der Waals surface area contributed by atoms with Crippen molar-refractivity contribution in [1.29, 1.82) is 0 Å². The molecule has 0 amide bonds. The van der Waals surface area contributed by atoms with Gasteiger partial charge in [-0.15, -0.1) is 0 Å². The SMILES string of the molecule is CC(C)(C)C(Cn1ccnc1Br)=NO. The Balaban J connectivity index is 2.83. The van der Waals surface area contributed by atoms with Crippen molar-refractivity contribution in [3.8, 4) is 0 Å². The quantitative estimate of drug-likeness (QED) is 0.504.